The number of hydrogen-bond donors (Lipinski definition) is 0. The van der Waals surface area contributed by atoms with Gasteiger partial charge in [-0.25, -0.2) is 9.98 Å². The second-order valence-electron chi connectivity index (χ2n) is 13.3. The maximum atomic E-state index is 6.07. The summed E-state index contributed by atoms with van der Waals surface area (Å²) in [5, 5.41) is 22.6. The zero-order valence-corrected chi connectivity index (χ0v) is 31.8. The van der Waals surface area contributed by atoms with Crippen molar-refractivity contribution in [2.24, 2.45) is 9.98 Å². The molecule has 12 heteroatoms. The molecule has 0 aliphatic carbocycles. The number of benzene rings is 4. The Morgan fingerprint density at radius 2 is 1.00 bits per heavy atom. The molecule has 0 spiro atoms. The molecule has 8 rings (SSSR count). The Bertz CT molecular complexity index is 2450. The highest BCUT2D eigenvalue weighted by atomic mass is 32.1. The molecule has 264 valence electrons. The van der Waals surface area contributed by atoms with E-state index in [2.05, 4.69) is 103 Å². The lowest BCUT2D eigenvalue weighted by Crippen LogP contribution is -2.08. The zero-order valence-electron chi connectivity index (χ0n) is 30.2. The van der Waals surface area contributed by atoms with Gasteiger partial charge in [-0.2, -0.15) is 0 Å². The van der Waals surface area contributed by atoms with E-state index in [0.29, 0.717) is 16.7 Å². The van der Waals surface area contributed by atoms with Crippen molar-refractivity contribution in [3.8, 4) is 21.1 Å². The van der Waals surface area contributed by atoms with Crippen LogP contribution in [0.3, 0.4) is 0 Å². The minimum absolute atomic E-state index is 0.576. The van der Waals surface area contributed by atoms with Gasteiger partial charge in [0, 0.05) is 62.8 Å². The number of aryl methyl sites for hydroxylation is 2. The molecule has 0 bridgehead atoms. The van der Waals surface area contributed by atoms with Gasteiger partial charge >= 0.3 is 0 Å². The summed E-state index contributed by atoms with van der Waals surface area (Å²) in [7, 11) is 8.09. The predicted molar refractivity (Wildman–Crippen MR) is 219 cm³/mol. The first-order valence-electron chi connectivity index (χ1n) is 17.0. The second kappa shape index (κ2) is 14.2. The summed E-state index contributed by atoms with van der Waals surface area (Å²) in [6, 6.07) is 25.1. The van der Waals surface area contributed by atoms with E-state index in [1.54, 1.807) is 12.5 Å². The third-order valence-corrected chi connectivity index (χ3v) is 10.7. The maximum Gasteiger partial charge on any atom is 0.231 e. The highest BCUT2D eigenvalue weighted by Gasteiger charge is 2.19. The van der Waals surface area contributed by atoms with Gasteiger partial charge in [-0.3, -0.25) is 0 Å². The highest BCUT2D eigenvalue weighted by molar-refractivity contribution is 7.18. The molecule has 0 saturated heterocycles. The molecule has 0 amide bonds. The fourth-order valence-corrected chi connectivity index (χ4v) is 7.53. The van der Waals surface area contributed by atoms with Crippen LogP contribution in [-0.2, 0) is 6.42 Å². The van der Waals surface area contributed by atoms with Crippen molar-refractivity contribution >= 4 is 78.7 Å². The molecule has 0 aliphatic rings. The molecule has 0 unspecified atom stereocenters. The zero-order chi connectivity index (χ0) is 36.6. The van der Waals surface area contributed by atoms with Crippen LogP contribution >= 0.6 is 22.7 Å². The molecule has 0 fully saturated rings. The van der Waals surface area contributed by atoms with Crippen LogP contribution in [0.5, 0.6) is 0 Å². The van der Waals surface area contributed by atoms with Crippen molar-refractivity contribution in [1.29, 1.82) is 0 Å². The van der Waals surface area contributed by atoms with Gasteiger partial charge in [-0.05, 0) is 102 Å². The molecule has 4 aromatic carbocycles. The molecule has 0 atom stereocenters. The number of hydrogen-bond acceptors (Lipinski definition) is 12. The monoisotopic (exact) mass is 736 g/mol. The largest absolute Gasteiger partial charge is 0.463 e. The summed E-state index contributed by atoms with van der Waals surface area (Å²) in [5.74, 6) is 0. The number of aromatic nitrogens is 4. The molecule has 8 aromatic rings. The standard InChI is InChI=1S/C41H36N8O2S2/c1-24-22-50-36-32(24)16-28(18-34(36)38-44-46-40(52-38)42-20-26-7-11-30(12-8-26)48(3)4)15-29-17-33-25(2)23-51-37(33)35(19-29)39-45-47-41(53-39)43-21-27-9-13-31(14-10-27)49(5)6/h7-14,16-23H,15H2,1-6H3/b42-20+,43-21+. The second-order valence-corrected chi connectivity index (χ2v) is 15.2. The highest BCUT2D eigenvalue weighted by Crippen LogP contribution is 2.39. The van der Waals surface area contributed by atoms with Crippen LogP contribution in [0.4, 0.5) is 21.6 Å². The van der Waals surface area contributed by atoms with Gasteiger partial charge in [0.2, 0.25) is 10.3 Å². The van der Waals surface area contributed by atoms with E-state index in [-0.39, 0.29) is 0 Å². The van der Waals surface area contributed by atoms with Crippen LogP contribution in [0.25, 0.3) is 43.1 Å². The normalized spacial score (nSPS) is 11.9. The van der Waals surface area contributed by atoms with Crippen molar-refractivity contribution in [2.75, 3.05) is 38.0 Å². The Balaban J connectivity index is 1.09. The summed E-state index contributed by atoms with van der Waals surface area (Å²) < 4.78 is 12.1. The first-order valence-corrected chi connectivity index (χ1v) is 18.6. The van der Waals surface area contributed by atoms with Crippen molar-refractivity contribution in [1.82, 2.24) is 20.4 Å². The van der Waals surface area contributed by atoms with E-state index < -0.39 is 0 Å². The molecule has 0 N–H and O–H groups in total. The lowest BCUT2D eigenvalue weighted by Gasteiger charge is -2.11. The molecule has 0 saturated carbocycles. The quantitative estimate of drug-likeness (QED) is 0.128. The minimum Gasteiger partial charge on any atom is -0.463 e. The number of fused-ring (bicyclic) bond motifs is 2. The number of rotatable bonds is 10. The topological polar surface area (TPSA) is 109 Å². The Morgan fingerprint density at radius 3 is 1.40 bits per heavy atom. The van der Waals surface area contributed by atoms with E-state index in [9.17, 15) is 0 Å². The van der Waals surface area contributed by atoms with Gasteiger partial charge in [-0.15, -0.1) is 20.4 Å². The number of nitrogens with zero attached hydrogens (tertiary/aromatic N) is 8. The van der Waals surface area contributed by atoms with Crippen molar-refractivity contribution in [3.63, 3.8) is 0 Å². The average Bonchev–Trinajstić information content (AvgIpc) is 3.98. The lowest BCUT2D eigenvalue weighted by atomic mass is 9.97. The summed E-state index contributed by atoms with van der Waals surface area (Å²) in [4.78, 5) is 13.4. The minimum atomic E-state index is 0.576. The third-order valence-electron chi connectivity index (χ3n) is 9.02. The Kier molecular flexibility index (Phi) is 9.15. The fraction of sp³-hybridized carbons (Fsp3) is 0.171. The van der Waals surface area contributed by atoms with Crippen LogP contribution in [0, 0.1) is 13.8 Å². The van der Waals surface area contributed by atoms with Gasteiger partial charge < -0.3 is 18.6 Å². The molecular weight excluding hydrogens is 701 g/mol. The van der Waals surface area contributed by atoms with E-state index >= 15 is 0 Å². The molecule has 4 heterocycles. The molecule has 4 aromatic heterocycles. The maximum absolute atomic E-state index is 6.07. The SMILES string of the molecule is Cc1coc2c(-c3nnc(/N=C/c4ccc(N(C)C)cc4)s3)cc(Cc3cc(-c4nnc(/N=C/c5ccc(N(C)C)cc5)s4)c4occ(C)c4c3)cc12. The summed E-state index contributed by atoms with van der Waals surface area (Å²) in [5.41, 5.74) is 12.0. The first-order chi connectivity index (χ1) is 25.7. The Morgan fingerprint density at radius 1 is 0.585 bits per heavy atom. The van der Waals surface area contributed by atoms with Crippen molar-refractivity contribution < 1.29 is 8.83 Å². The third kappa shape index (κ3) is 7.11. The molecular formula is C41H36N8O2S2. The van der Waals surface area contributed by atoms with Gasteiger partial charge in [0.1, 0.15) is 11.2 Å². The van der Waals surface area contributed by atoms with Crippen LogP contribution in [0.15, 0.2) is 104 Å². The van der Waals surface area contributed by atoms with Gasteiger partial charge in [0.05, 0.1) is 23.7 Å². The van der Waals surface area contributed by atoms with Gasteiger partial charge in [0.15, 0.2) is 10.0 Å². The van der Waals surface area contributed by atoms with Gasteiger partial charge in [0.25, 0.3) is 0 Å². The Hall–Kier alpha value is -5.98. The molecule has 10 nitrogen and oxygen atoms in total. The van der Waals surface area contributed by atoms with E-state index in [1.807, 2.05) is 64.9 Å². The van der Waals surface area contributed by atoms with Gasteiger partial charge in [-0.1, -0.05) is 46.9 Å². The smallest absolute Gasteiger partial charge is 0.231 e. The average molecular weight is 737 g/mol. The van der Waals surface area contributed by atoms with Crippen molar-refractivity contribution in [3.05, 3.63) is 119 Å². The molecule has 53 heavy (non-hydrogen) atoms. The molecule has 0 radical (unpaired) electrons. The summed E-state index contributed by atoms with van der Waals surface area (Å²) in [6.07, 6.45) is 7.89. The molecule has 0 aliphatic heterocycles. The van der Waals surface area contributed by atoms with E-state index in [1.165, 1.54) is 22.7 Å². The van der Waals surface area contributed by atoms with Crippen LogP contribution < -0.4 is 9.80 Å². The van der Waals surface area contributed by atoms with Crippen LogP contribution in [-0.4, -0.2) is 61.0 Å². The number of anilines is 2. The predicted octanol–water partition coefficient (Wildman–Crippen LogP) is 10.1. The van der Waals surface area contributed by atoms with Crippen LogP contribution in [0.1, 0.15) is 33.4 Å². The lowest BCUT2D eigenvalue weighted by molar-refractivity contribution is 0.613. The van der Waals surface area contributed by atoms with Crippen LogP contribution in [0.2, 0.25) is 0 Å². The number of furan rings is 2. The number of aliphatic imine (C=N–C) groups is 2. The Labute approximate surface area is 314 Å². The first kappa shape index (κ1) is 34.1. The van der Waals surface area contributed by atoms with E-state index in [0.717, 1.165) is 87.8 Å². The van der Waals surface area contributed by atoms with E-state index in [4.69, 9.17) is 8.83 Å². The van der Waals surface area contributed by atoms with Crippen molar-refractivity contribution in [2.45, 2.75) is 20.3 Å². The fourth-order valence-electron chi connectivity index (χ4n) is 6.13. The summed E-state index contributed by atoms with van der Waals surface area (Å²) in [6.45, 7) is 4.12. The summed E-state index contributed by atoms with van der Waals surface area (Å²) >= 11 is 2.87.